The molecule has 0 saturated heterocycles. The van der Waals surface area contributed by atoms with Gasteiger partial charge in [-0.15, -0.1) is 0 Å². The van der Waals surface area contributed by atoms with E-state index in [0.29, 0.717) is 23.5 Å². The Morgan fingerprint density at radius 3 is 2.42 bits per heavy atom. The number of aliphatic hydroxyl groups is 1. The summed E-state index contributed by atoms with van der Waals surface area (Å²) < 4.78 is 24.5. The van der Waals surface area contributed by atoms with E-state index in [1.165, 1.54) is 24.1 Å². The summed E-state index contributed by atoms with van der Waals surface area (Å²) in [7, 11) is 1.51. The molecule has 0 fully saturated rings. The molecule has 0 aromatic heterocycles. The van der Waals surface area contributed by atoms with E-state index in [1.807, 2.05) is 30.3 Å². The Kier molecular flexibility index (Phi) is 7.97. The van der Waals surface area contributed by atoms with Gasteiger partial charge in [0.1, 0.15) is 18.2 Å². The van der Waals surface area contributed by atoms with Crippen molar-refractivity contribution in [2.75, 3.05) is 20.3 Å². The number of amides is 2. The van der Waals surface area contributed by atoms with Crippen LogP contribution in [0.5, 0.6) is 5.75 Å². The fourth-order valence-corrected chi connectivity index (χ4v) is 4.08. The number of aliphatic hydroxyl groups excluding tert-OH is 1. The predicted octanol–water partition coefficient (Wildman–Crippen LogP) is 4.06. The molecule has 1 atom stereocenters. The van der Waals surface area contributed by atoms with Crippen LogP contribution in [0.15, 0.2) is 90.2 Å². The standard InChI is InChI=1S/C28H27FN2O5/c1-35-16-15-31-25(22-9-5-6-10-23(22)36-18-20-7-3-2-4-8-20)24(26(32)28(31)34)27(33)30-17-19-11-13-21(29)14-12-19/h2-14,25,32H,15-18H2,1H3,(H,30,33). The number of benzene rings is 3. The van der Waals surface area contributed by atoms with Gasteiger partial charge in [-0.3, -0.25) is 9.59 Å². The lowest BCUT2D eigenvalue weighted by molar-refractivity contribution is -0.130. The molecule has 36 heavy (non-hydrogen) atoms. The van der Waals surface area contributed by atoms with Crippen LogP contribution in [-0.2, 0) is 27.5 Å². The number of hydrogen-bond acceptors (Lipinski definition) is 5. The molecule has 0 bridgehead atoms. The largest absolute Gasteiger partial charge is 0.503 e. The number of hydrogen-bond donors (Lipinski definition) is 2. The summed E-state index contributed by atoms with van der Waals surface area (Å²) in [6, 6.07) is 21.6. The lowest BCUT2D eigenvalue weighted by Gasteiger charge is -2.28. The molecule has 3 aromatic carbocycles. The topological polar surface area (TPSA) is 88.1 Å². The van der Waals surface area contributed by atoms with Crippen LogP contribution in [0, 0.1) is 5.82 Å². The van der Waals surface area contributed by atoms with Crippen molar-refractivity contribution in [2.45, 2.75) is 19.2 Å². The van der Waals surface area contributed by atoms with E-state index < -0.39 is 23.6 Å². The number of methoxy groups -OCH3 is 1. The number of carbonyl (C=O) groups excluding carboxylic acids is 2. The zero-order valence-electron chi connectivity index (χ0n) is 19.8. The molecule has 1 aliphatic rings. The summed E-state index contributed by atoms with van der Waals surface area (Å²) in [5.41, 5.74) is 2.12. The second-order valence-corrected chi connectivity index (χ2v) is 8.28. The molecule has 3 aromatic rings. The van der Waals surface area contributed by atoms with Crippen molar-refractivity contribution in [1.29, 1.82) is 0 Å². The van der Waals surface area contributed by atoms with Gasteiger partial charge in [0.25, 0.3) is 11.8 Å². The van der Waals surface area contributed by atoms with Crippen molar-refractivity contribution >= 4 is 11.8 Å². The van der Waals surface area contributed by atoms with Crippen LogP contribution >= 0.6 is 0 Å². The first-order valence-corrected chi connectivity index (χ1v) is 11.5. The smallest absolute Gasteiger partial charge is 0.290 e. The molecule has 8 heteroatoms. The molecular formula is C28H27FN2O5. The van der Waals surface area contributed by atoms with Gasteiger partial charge in [0.15, 0.2) is 5.76 Å². The van der Waals surface area contributed by atoms with Crippen LogP contribution in [-0.4, -0.2) is 42.1 Å². The van der Waals surface area contributed by atoms with E-state index in [2.05, 4.69) is 5.32 Å². The van der Waals surface area contributed by atoms with Gasteiger partial charge in [0.05, 0.1) is 18.2 Å². The third-order valence-electron chi connectivity index (χ3n) is 5.90. The molecule has 0 spiro atoms. The van der Waals surface area contributed by atoms with Crippen LogP contribution in [0.3, 0.4) is 0 Å². The van der Waals surface area contributed by atoms with E-state index in [4.69, 9.17) is 9.47 Å². The Hall–Kier alpha value is -4.17. The Morgan fingerprint density at radius 1 is 1.00 bits per heavy atom. The van der Waals surface area contributed by atoms with Crippen molar-refractivity contribution in [3.8, 4) is 5.75 Å². The van der Waals surface area contributed by atoms with E-state index >= 15 is 0 Å². The highest BCUT2D eigenvalue weighted by molar-refractivity contribution is 6.08. The van der Waals surface area contributed by atoms with Gasteiger partial charge >= 0.3 is 0 Å². The third-order valence-corrected chi connectivity index (χ3v) is 5.90. The van der Waals surface area contributed by atoms with Gasteiger partial charge in [-0.2, -0.15) is 0 Å². The number of nitrogens with one attached hydrogen (secondary N) is 1. The molecule has 4 rings (SSSR count). The highest BCUT2D eigenvalue weighted by Crippen LogP contribution is 2.41. The second kappa shape index (κ2) is 11.5. The van der Waals surface area contributed by atoms with Crippen LogP contribution in [0.2, 0.25) is 0 Å². The van der Waals surface area contributed by atoms with Gasteiger partial charge in [-0.05, 0) is 29.3 Å². The van der Waals surface area contributed by atoms with Gasteiger partial charge in [-0.25, -0.2) is 4.39 Å². The van der Waals surface area contributed by atoms with E-state index in [9.17, 15) is 19.1 Å². The number of rotatable bonds is 10. The number of halogens is 1. The van der Waals surface area contributed by atoms with Crippen LogP contribution in [0.4, 0.5) is 4.39 Å². The summed E-state index contributed by atoms with van der Waals surface area (Å²) in [5.74, 6) is -1.78. The average Bonchev–Trinajstić information content (AvgIpc) is 3.16. The Bertz CT molecular complexity index is 1240. The van der Waals surface area contributed by atoms with Crippen molar-refractivity contribution in [2.24, 2.45) is 0 Å². The first-order chi connectivity index (χ1) is 17.5. The minimum absolute atomic E-state index is 0.0750. The second-order valence-electron chi connectivity index (χ2n) is 8.28. The van der Waals surface area contributed by atoms with Crippen molar-refractivity contribution < 1.29 is 28.6 Å². The lowest BCUT2D eigenvalue weighted by atomic mass is 9.97. The van der Waals surface area contributed by atoms with Gasteiger partial charge in [0.2, 0.25) is 0 Å². The molecule has 0 saturated carbocycles. The van der Waals surface area contributed by atoms with E-state index in [0.717, 1.165) is 5.56 Å². The number of nitrogens with zero attached hydrogens (tertiary/aromatic N) is 1. The molecule has 7 nitrogen and oxygen atoms in total. The zero-order valence-corrected chi connectivity index (χ0v) is 19.8. The molecule has 1 aliphatic heterocycles. The summed E-state index contributed by atoms with van der Waals surface area (Å²) >= 11 is 0. The van der Waals surface area contributed by atoms with Crippen LogP contribution in [0.1, 0.15) is 22.7 Å². The third kappa shape index (κ3) is 5.55. The number of para-hydroxylation sites is 1. The average molecular weight is 491 g/mol. The molecule has 0 aliphatic carbocycles. The summed E-state index contributed by atoms with van der Waals surface area (Å²) in [6.07, 6.45) is 0. The van der Waals surface area contributed by atoms with E-state index in [-0.39, 0.29) is 31.1 Å². The Morgan fingerprint density at radius 2 is 1.69 bits per heavy atom. The Labute approximate surface area is 208 Å². The quantitative estimate of drug-likeness (QED) is 0.448. The molecule has 2 N–H and O–H groups in total. The summed E-state index contributed by atoms with van der Waals surface area (Å²) in [5, 5.41) is 13.5. The number of carbonyl (C=O) groups is 2. The summed E-state index contributed by atoms with van der Waals surface area (Å²) in [4.78, 5) is 27.7. The van der Waals surface area contributed by atoms with Gasteiger partial charge < -0.3 is 24.8 Å². The zero-order chi connectivity index (χ0) is 25.5. The highest BCUT2D eigenvalue weighted by Gasteiger charge is 2.44. The normalized spacial score (nSPS) is 15.3. The highest BCUT2D eigenvalue weighted by atomic mass is 19.1. The minimum Gasteiger partial charge on any atom is -0.503 e. The molecule has 186 valence electrons. The maximum Gasteiger partial charge on any atom is 0.290 e. The fourth-order valence-electron chi connectivity index (χ4n) is 4.08. The predicted molar refractivity (Wildman–Crippen MR) is 131 cm³/mol. The number of ether oxygens (including phenoxy) is 2. The molecule has 1 heterocycles. The van der Waals surface area contributed by atoms with E-state index in [1.54, 1.807) is 36.4 Å². The molecule has 1 unspecified atom stereocenters. The van der Waals surface area contributed by atoms with Gasteiger partial charge in [0, 0.05) is 25.8 Å². The fraction of sp³-hybridized carbons (Fsp3) is 0.214. The first-order valence-electron chi connectivity index (χ1n) is 11.5. The molecular weight excluding hydrogens is 463 g/mol. The van der Waals surface area contributed by atoms with Crippen LogP contribution in [0.25, 0.3) is 0 Å². The van der Waals surface area contributed by atoms with Crippen LogP contribution < -0.4 is 10.1 Å². The lowest BCUT2D eigenvalue weighted by Crippen LogP contribution is -2.35. The summed E-state index contributed by atoms with van der Waals surface area (Å²) in [6.45, 7) is 0.762. The minimum atomic E-state index is -0.882. The SMILES string of the molecule is COCCN1C(=O)C(O)=C(C(=O)NCc2ccc(F)cc2)C1c1ccccc1OCc1ccccc1. The maximum absolute atomic E-state index is 13.3. The van der Waals surface area contributed by atoms with Crippen molar-refractivity contribution in [3.05, 3.63) is 113 Å². The Balaban J connectivity index is 1.63. The monoisotopic (exact) mass is 490 g/mol. The van der Waals surface area contributed by atoms with Crippen molar-refractivity contribution in [1.82, 2.24) is 10.2 Å². The van der Waals surface area contributed by atoms with Crippen molar-refractivity contribution in [3.63, 3.8) is 0 Å². The first kappa shape index (κ1) is 24.9. The molecule has 0 radical (unpaired) electrons. The molecule has 2 amide bonds. The maximum atomic E-state index is 13.3. The van der Waals surface area contributed by atoms with Gasteiger partial charge in [-0.1, -0.05) is 60.7 Å².